The Morgan fingerprint density at radius 1 is 1.37 bits per heavy atom. The second kappa shape index (κ2) is 6.02. The third kappa shape index (κ3) is 3.23. The van der Waals surface area contributed by atoms with Crippen molar-refractivity contribution in [2.45, 2.75) is 32.2 Å². The topological polar surface area (TPSA) is 66.4 Å². The van der Waals surface area contributed by atoms with Crippen molar-refractivity contribution in [2.75, 3.05) is 0 Å². The molecule has 104 valence electrons. The average molecular weight is 288 g/mol. The molecule has 0 radical (unpaired) electrons. The number of carbonyl (C=O) groups is 2. The van der Waals surface area contributed by atoms with Crippen molar-refractivity contribution in [1.29, 1.82) is 0 Å². The van der Waals surface area contributed by atoms with E-state index in [2.05, 4.69) is 5.32 Å². The van der Waals surface area contributed by atoms with E-state index >= 15 is 0 Å². The van der Waals surface area contributed by atoms with Gasteiger partial charge in [-0.1, -0.05) is 25.4 Å². The van der Waals surface area contributed by atoms with Gasteiger partial charge in [-0.2, -0.15) is 0 Å². The molecule has 2 N–H and O–H groups in total. The fourth-order valence-corrected chi connectivity index (χ4v) is 1.89. The zero-order valence-corrected chi connectivity index (χ0v) is 11.4. The molecule has 0 bridgehead atoms. The van der Waals surface area contributed by atoms with Gasteiger partial charge in [-0.3, -0.25) is 4.79 Å². The first kappa shape index (κ1) is 15.4. The van der Waals surface area contributed by atoms with Gasteiger partial charge in [0.15, 0.2) is 0 Å². The van der Waals surface area contributed by atoms with Gasteiger partial charge in [-0.05, 0) is 31.0 Å². The molecule has 1 aromatic carbocycles. The van der Waals surface area contributed by atoms with Crippen LogP contribution in [0.15, 0.2) is 18.2 Å². The summed E-state index contributed by atoms with van der Waals surface area (Å²) in [4.78, 5) is 23.3. The van der Waals surface area contributed by atoms with Gasteiger partial charge in [0.1, 0.15) is 11.4 Å². The molecule has 1 rings (SSSR count). The molecule has 0 heterocycles. The number of nitrogens with one attached hydrogen (secondary N) is 1. The quantitative estimate of drug-likeness (QED) is 0.875. The Kier molecular flexibility index (Phi) is 4.89. The second-order valence-corrected chi connectivity index (χ2v) is 4.58. The largest absolute Gasteiger partial charge is 0.480 e. The van der Waals surface area contributed by atoms with Gasteiger partial charge in [0.25, 0.3) is 5.91 Å². The van der Waals surface area contributed by atoms with Crippen LogP contribution in [0.4, 0.5) is 4.39 Å². The van der Waals surface area contributed by atoms with Crippen LogP contribution >= 0.6 is 11.6 Å². The Balaban J connectivity index is 3.00. The molecule has 6 heteroatoms. The number of halogens is 2. The summed E-state index contributed by atoms with van der Waals surface area (Å²) in [5.41, 5.74) is -1.20. The second-order valence-electron chi connectivity index (χ2n) is 4.18. The van der Waals surface area contributed by atoms with Crippen LogP contribution in [0.2, 0.25) is 5.02 Å². The number of aliphatic carboxylic acids is 1. The van der Waals surface area contributed by atoms with E-state index in [-0.39, 0.29) is 23.4 Å². The van der Waals surface area contributed by atoms with Crippen LogP contribution in [0.25, 0.3) is 0 Å². The molecule has 4 nitrogen and oxygen atoms in total. The predicted octanol–water partition coefficient (Wildman–Crippen LogP) is 2.85. The lowest BCUT2D eigenvalue weighted by atomic mass is 9.92. The number of carbonyl (C=O) groups excluding carboxylic acids is 1. The molecule has 0 aliphatic carbocycles. The molecule has 0 aliphatic rings. The van der Waals surface area contributed by atoms with E-state index < -0.39 is 23.2 Å². The van der Waals surface area contributed by atoms with Gasteiger partial charge >= 0.3 is 5.97 Å². The standard InChI is InChI=1S/C13H15ClFNO3/c1-3-13(4-2,12(18)19)16-11(17)8-5-6-10(15)9(14)7-8/h5-7H,3-4H2,1-2H3,(H,16,17)(H,18,19). The molecule has 0 aliphatic heterocycles. The Morgan fingerprint density at radius 2 is 1.95 bits per heavy atom. The van der Waals surface area contributed by atoms with Crippen LogP contribution in [0.3, 0.4) is 0 Å². The molecular formula is C13H15ClFNO3. The SMILES string of the molecule is CCC(CC)(NC(=O)c1ccc(F)c(Cl)c1)C(=O)O. The van der Waals surface area contributed by atoms with E-state index in [1.165, 1.54) is 12.1 Å². The highest BCUT2D eigenvalue weighted by atomic mass is 35.5. The minimum Gasteiger partial charge on any atom is -0.480 e. The van der Waals surface area contributed by atoms with Crippen LogP contribution in [-0.2, 0) is 4.79 Å². The van der Waals surface area contributed by atoms with Gasteiger partial charge in [-0.15, -0.1) is 0 Å². The molecular weight excluding hydrogens is 273 g/mol. The van der Waals surface area contributed by atoms with Crippen molar-refractivity contribution < 1.29 is 19.1 Å². The molecule has 0 fully saturated rings. The zero-order chi connectivity index (χ0) is 14.6. The monoisotopic (exact) mass is 287 g/mol. The summed E-state index contributed by atoms with van der Waals surface area (Å²) in [5.74, 6) is -2.32. The van der Waals surface area contributed by atoms with Gasteiger partial charge < -0.3 is 10.4 Å². The Hall–Kier alpha value is -1.62. The highest BCUT2D eigenvalue weighted by molar-refractivity contribution is 6.31. The van der Waals surface area contributed by atoms with E-state index in [1.54, 1.807) is 13.8 Å². The van der Waals surface area contributed by atoms with E-state index in [0.717, 1.165) is 6.07 Å². The molecule has 0 spiro atoms. The van der Waals surface area contributed by atoms with Crippen LogP contribution in [0, 0.1) is 5.82 Å². The van der Waals surface area contributed by atoms with E-state index in [4.69, 9.17) is 11.6 Å². The van der Waals surface area contributed by atoms with E-state index in [9.17, 15) is 19.1 Å². The fourth-order valence-electron chi connectivity index (χ4n) is 1.71. The normalized spacial score (nSPS) is 11.2. The van der Waals surface area contributed by atoms with Gasteiger partial charge in [0.05, 0.1) is 5.02 Å². The molecule has 0 saturated carbocycles. The Bertz CT molecular complexity index is 501. The maximum Gasteiger partial charge on any atom is 0.329 e. The number of amides is 1. The molecule has 19 heavy (non-hydrogen) atoms. The molecule has 1 aromatic rings. The van der Waals surface area contributed by atoms with Crippen LogP contribution in [0.1, 0.15) is 37.0 Å². The van der Waals surface area contributed by atoms with Crippen LogP contribution < -0.4 is 5.32 Å². The molecule has 0 aromatic heterocycles. The summed E-state index contributed by atoms with van der Waals surface area (Å²) >= 11 is 5.59. The number of carboxylic acid groups (broad SMARTS) is 1. The van der Waals surface area contributed by atoms with E-state index in [1.807, 2.05) is 0 Å². The van der Waals surface area contributed by atoms with Crippen molar-refractivity contribution in [3.63, 3.8) is 0 Å². The lowest BCUT2D eigenvalue weighted by Gasteiger charge is -2.28. The maximum atomic E-state index is 13.0. The Labute approximate surface area is 115 Å². The zero-order valence-electron chi connectivity index (χ0n) is 10.7. The number of benzene rings is 1. The lowest BCUT2D eigenvalue weighted by Crippen LogP contribution is -2.53. The van der Waals surface area contributed by atoms with Crippen LogP contribution in [0.5, 0.6) is 0 Å². The number of carboxylic acids is 1. The predicted molar refractivity (Wildman–Crippen MR) is 69.8 cm³/mol. The summed E-state index contributed by atoms with van der Waals surface area (Å²) in [6, 6.07) is 3.50. The molecule has 0 atom stereocenters. The van der Waals surface area contributed by atoms with Crippen molar-refractivity contribution in [3.05, 3.63) is 34.6 Å². The van der Waals surface area contributed by atoms with Gasteiger partial charge in [0.2, 0.25) is 0 Å². The first-order valence-electron chi connectivity index (χ1n) is 5.87. The van der Waals surface area contributed by atoms with Crippen molar-refractivity contribution in [2.24, 2.45) is 0 Å². The highest BCUT2D eigenvalue weighted by Crippen LogP contribution is 2.19. The number of hydrogen-bond donors (Lipinski definition) is 2. The third-order valence-electron chi connectivity index (χ3n) is 3.15. The minimum absolute atomic E-state index is 0.124. The summed E-state index contributed by atoms with van der Waals surface area (Å²) in [5, 5.41) is 11.5. The lowest BCUT2D eigenvalue weighted by molar-refractivity contribution is -0.144. The van der Waals surface area contributed by atoms with Crippen LogP contribution in [-0.4, -0.2) is 22.5 Å². The molecule has 0 unspecified atom stereocenters. The summed E-state index contributed by atoms with van der Waals surface area (Å²) < 4.78 is 13.0. The number of hydrogen-bond acceptors (Lipinski definition) is 2. The van der Waals surface area contributed by atoms with Gasteiger partial charge in [0, 0.05) is 5.56 Å². The number of rotatable bonds is 5. The maximum absolute atomic E-state index is 13.0. The molecule has 1 amide bonds. The first-order valence-corrected chi connectivity index (χ1v) is 6.25. The van der Waals surface area contributed by atoms with Crippen molar-refractivity contribution in [3.8, 4) is 0 Å². The summed E-state index contributed by atoms with van der Waals surface area (Å²) in [7, 11) is 0. The minimum atomic E-state index is -1.32. The fraction of sp³-hybridized carbons (Fsp3) is 0.385. The highest BCUT2D eigenvalue weighted by Gasteiger charge is 2.36. The van der Waals surface area contributed by atoms with Crippen molar-refractivity contribution >= 4 is 23.5 Å². The van der Waals surface area contributed by atoms with Crippen molar-refractivity contribution in [1.82, 2.24) is 5.32 Å². The Morgan fingerprint density at radius 3 is 2.37 bits per heavy atom. The summed E-state index contributed by atoms with van der Waals surface area (Å²) in [6.45, 7) is 3.35. The van der Waals surface area contributed by atoms with E-state index in [0.29, 0.717) is 0 Å². The average Bonchev–Trinajstić information content (AvgIpc) is 2.38. The third-order valence-corrected chi connectivity index (χ3v) is 3.44. The molecule has 0 saturated heterocycles. The van der Waals surface area contributed by atoms with Gasteiger partial charge in [-0.25, -0.2) is 9.18 Å². The smallest absolute Gasteiger partial charge is 0.329 e. The first-order chi connectivity index (χ1) is 8.86. The summed E-state index contributed by atoms with van der Waals surface area (Å²) in [6.07, 6.45) is 0.499.